The molecular formula is C14H18N2O2S. The van der Waals surface area contributed by atoms with Crippen molar-refractivity contribution < 1.29 is 9.53 Å². The summed E-state index contributed by atoms with van der Waals surface area (Å²) in [5, 5.41) is 2.90. The normalized spacial score (nSPS) is 19.6. The SMILES string of the molecule is CC1(C)CC1C(=O)Nc1cccc(OCC(N)=S)c1. The molecule has 3 N–H and O–H groups in total. The molecule has 102 valence electrons. The topological polar surface area (TPSA) is 64.3 Å². The van der Waals surface area contributed by atoms with Crippen LogP contribution in [0.4, 0.5) is 5.69 Å². The summed E-state index contributed by atoms with van der Waals surface area (Å²) in [5.74, 6) is 0.811. The Balaban J connectivity index is 1.95. The van der Waals surface area contributed by atoms with Crippen molar-refractivity contribution in [2.24, 2.45) is 17.1 Å². The first-order chi connectivity index (χ1) is 8.88. The molecular weight excluding hydrogens is 260 g/mol. The van der Waals surface area contributed by atoms with Gasteiger partial charge in [-0.1, -0.05) is 32.1 Å². The minimum absolute atomic E-state index is 0.0662. The van der Waals surface area contributed by atoms with Crippen molar-refractivity contribution in [3.8, 4) is 5.75 Å². The molecule has 1 fully saturated rings. The van der Waals surface area contributed by atoms with Crippen molar-refractivity contribution in [1.29, 1.82) is 0 Å². The van der Waals surface area contributed by atoms with E-state index in [-0.39, 0.29) is 23.8 Å². The largest absolute Gasteiger partial charge is 0.486 e. The van der Waals surface area contributed by atoms with Crippen molar-refractivity contribution in [1.82, 2.24) is 0 Å². The summed E-state index contributed by atoms with van der Waals surface area (Å²) in [6.45, 7) is 4.39. The van der Waals surface area contributed by atoms with Crippen molar-refractivity contribution in [3.05, 3.63) is 24.3 Å². The van der Waals surface area contributed by atoms with Gasteiger partial charge in [0.2, 0.25) is 5.91 Å². The van der Waals surface area contributed by atoms with Crippen LogP contribution < -0.4 is 15.8 Å². The molecule has 19 heavy (non-hydrogen) atoms. The van der Waals surface area contributed by atoms with Gasteiger partial charge >= 0.3 is 0 Å². The van der Waals surface area contributed by atoms with E-state index in [1.54, 1.807) is 12.1 Å². The molecule has 1 amide bonds. The van der Waals surface area contributed by atoms with Crippen LogP contribution in [0.1, 0.15) is 20.3 Å². The first-order valence-corrected chi connectivity index (χ1v) is 6.61. The first-order valence-electron chi connectivity index (χ1n) is 6.20. The molecule has 1 unspecified atom stereocenters. The van der Waals surface area contributed by atoms with Crippen LogP contribution in [0.3, 0.4) is 0 Å². The van der Waals surface area contributed by atoms with E-state index in [4.69, 9.17) is 22.7 Å². The average molecular weight is 278 g/mol. The second-order valence-corrected chi connectivity index (χ2v) is 6.04. The van der Waals surface area contributed by atoms with Gasteiger partial charge in [-0.05, 0) is 24.0 Å². The highest BCUT2D eigenvalue weighted by atomic mass is 32.1. The maximum absolute atomic E-state index is 12.0. The van der Waals surface area contributed by atoms with Crippen LogP contribution in [0.5, 0.6) is 5.75 Å². The van der Waals surface area contributed by atoms with Crippen LogP contribution in [0, 0.1) is 11.3 Å². The predicted molar refractivity (Wildman–Crippen MR) is 79.2 cm³/mol. The zero-order valence-corrected chi connectivity index (χ0v) is 11.9. The molecule has 0 bridgehead atoms. The van der Waals surface area contributed by atoms with Gasteiger partial charge in [0.1, 0.15) is 17.3 Å². The molecule has 5 heteroatoms. The molecule has 1 aliphatic carbocycles. The Labute approximate surface area is 118 Å². The molecule has 0 spiro atoms. The minimum atomic E-state index is 0.0662. The third kappa shape index (κ3) is 3.67. The number of carbonyl (C=O) groups is 1. The molecule has 4 nitrogen and oxygen atoms in total. The lowest BCUT2D eigenvalue weighted by Crippen LogP contribution is -2.18. The van der Waals surface area contributed by atoms with Crippen molar-refractivity contribution in [3.63, 3.8) is 0 Å². The minimum Gasteiger partial charge on any atom is -0.486 e. The van der Waals surface area contributed by atoms with E-state index in [2.05, 4.69) is 19.2 Å². The Hall–Kier alpha value is -1.62. The van der Waals surface area contributed by atoms with Crippen LogP contribution in [0.25, 0.3) is 0 Å². The van der Waals surface area contributed by atoms with Crippen LogP contribution in [-0.2, 0) is 4.79 Å². The summed E-state index contributed by atoms with van der Waals surface area (Å²) >= 11 is 4.75. The van der Waals surface area contributed by atoms with Crippen molar-refractivity contribution in [2.45, 2.75) is 20.3 Å². The number of hydrogen-bond acceptors (Lipinski definition) is 3. The number of carbonyl (C=O) groups excluding carboxylic acids is 1. The lowest BCUT2D eigenvalue weighted by atomic mass is 10.1. The molecule has 0 aromatic heterocycles. The van der Waals surface area contributed by atoms with E-state index in [0.29, 0.717) is 10.7 Å². The number of ether oxygens (including phenoxy) is 1. The first kappa shape index (κ1) is 13.8. The second kappa shape index (κ2) is 5.17. The molecule has 0 radical (unpaired) electrons. The molecule has 0 heterocycles. The summed E-state index contributed by atoms with van der Waals surface area (Å²) in [4.78, 5) is 12.3. The Morgan fingerprint density at radius 1 is 1.58 bits per heavy atom. The Kier molecular flexibility index (Phi) is 3.75. The van der Waals surface area contributed by atoms with Crippen LogP contribution in [-0.4, -0.2) is 17.5 Å². The van der Waals surface area contributed by atoms with Gasteiger partial charge in [0, 0.05) is 17.7 Å². The monoisotopic (exact) mass is 278 g/mol. The smallest absolute Gasteiger partial charge is 0.228 e. The van der Waals surface area contributed by atoms with Gasteiger partial charge in [0.25, 0.3) is 0 Å². The number of anilines is 1. The average Bonchev–Trinajstić information content (AvgIpc) is 2.96. The number of thiocarbonyl (C=S) groups is 1. The Morgan fingerprint density at radius 2 is 2.26 bits per heavy atom. The molecule has 0 aliphatic heterocycles. The number of benzene rings is 1. The molecule has 1 aliphatic rings. The zero-order valence-electron chi connectivity index (χ0n) is 11.1. The number of nitrogens with one attached hydrogen (secondary N) is 1. The van der Waals surface area contributed by atoms with Gasteiger partial charge in [-0.25, -0.2) is 0 Å². The zero-order chi connectivity index (χ0) is 14.0. The number of rotatable bonds is 5. The Bertz CT molecular complexity index is 514. The number of nitrogens with two attached hydrogens (primary N) is 1. The van der Waals surface area contributed by atoms with Crippen LogP contribution >= 0.6 is 12.2 Å². The van der Waals surface area contributed by atoms with Gasteiger partial charge < -0.3 is 15.8 Å². The molecule has 1 atom stereocenters. The number of amides is 1. The van der Waals surface area contributed by atoms with E-state index in [1.165, 1.54) is 0 Å². The van der Waals surface area contributed by atoms with E-state index in [9.17, 15) is 4.79 Å². The lowest BCUT2D eigenvalue weighted by molar-refractivity contribution is -0.117. The fraction of sp³-hybridized carbons (Fsp3) is 0.429. The van der Waals surface area contributed by atoms with Crippen molar-refractivity contribution >= 4 is 28.8 Å². The second-order valence-electron chi connectivity index (χ2n) is 5.52. The highest BCUT2D eigenvalue weighted by Crippen LogP contribution is 2.52. The molecule has 2 rings (SSSR count). The van der Waals surface area contributed by atoms with Gasteiger partial charge in [-0.15, -0.1) is 0 Å². The molecule has 1 saturated carbocycles. The summed E-state index contributed by atoms with van der Waals surface area (Å²) in [6.07, 6.45) is 0.941. The van der Waals surface area contributed by atoms with E-state index < -0.39 is 0 Å². The van der Waals surface area contributed by atoms with Gasteiger partial charge in [0.05, 0.1) is 0 Å². The fourth-order valence-electron chi connectivity index (χ4n) is 1.96. The highest BCUT2D eigenvalue weighted by Gasteiger charge is 2.50. The third-order valence-electron chi connectivity index (χ3n) is 3.31. The maximum Gasteiger partial charge on any atom is 0.228 e. The molecule has 1 aromatic rings. The van der Waals surface area contributed by atoms with Crippen molar-refractivity contribution in [2.75, 3.05) is 11.9 Å². The van der Waals surface area contributed by atoms with Gasteiger partial charge in [-0.2, -0.15) is 0 Å². The molecule has 0 saturated heterocycles. The molecule has 1 aromatic carbocycles. The fourth-order valence-corrected chi connectivity index (χ4v) is 2.02. The highest BCUT2D eigenvalue weighted by molar-refractivity contribution is 7.80. The van der Waals surface area contributed by atoms with Gasteiger partial charge in [-0.3, -0.25) is 4.79 Å². The van der Waals surface area contributed by atoms with E-state index in [1.807, 2.05) is 12.1 Å². The van der Waals surface area contributed by atoms with E-state index >= 15 is 0 Å². The van der Waals surface area contributed by atoms with Crippen LogP contribution in [0.2, 0.25) is 0 Å². The summed E-state index contributed by atoms with van der Waals surface area (Å²) in [7, 11) is 0. The van der Waals surface area contributed by atoms with Gasteiger partial charge in [0.15, 0.2) is 0 Å². The lowest BCUT2D eigenvalue weighted by Gasteiger charge is -2.09. The Morgan fingerprint density at radius 3 is 2.84 bits per heavy atom. The van der Waals surface area contributed by atoms with Crippen LogP contribution in [0.15, 0.2) is 24.3 Å². The number of hydrogen-bond donors (Lipinski definition) is 2. The summed E-state index contributed by atoms with van der Waals surface area (Å²) in [6, 6.07) is 7.23. The van der Waals surface area contributed by atoms with E-state index in [0.717, 1.165) is 12.1 Å². The predicted octanol–water partition coefficient (Wildman–Crippen LogP) is 2.34. The quantitative estimate of drug-likeness (QED) is 0.811. The summed E-state index contributed by atoms with van der Waals surface area (Å²) < 4.78 is 5.39. The summed E-state index contributed by atoms with van der Waals surface area (Å²) in [5.41, 5.74) is 6.23. The third-order valence-corrected chi connectivity index (χ3v) is 3.43. The standard InChI is InChI=1S/C14H18N2O2S/c1-14(2)7-11(14)13(17)16-9-4-3-5-10(6-9)18-8-12(15)19/h3-6,11H,7-8H2,1-2H3,(H2,15,19)(H,16,17). The maximum atomic E-state index is 12.0.